The van der Waals surface area contributed by atoms with Crippen LogP contribution >= 0.6 is 0 Å². The van der Waals surface area contributed by atoms with Gasteiger partial charge in [-0.05, 0) is 44.9 Å². The Kier molecular flexibility index (Phi) is 9.92. The molecule has 0 heterocycles. The summed E-state index contributed by atoms with van der Waals surface area (Å²) in [4.78, 5) is 27.0. The summed E-state index contributed by atoms with van der Waals surface area (Å²) in [6.45, 7) is 6.30. The summed E-state index contributed by atoms with van der Waals surface area (Å²) in [5.74, 6) is -0.0110. The lowest BCUT2D eigenvalue weighted by Gasteiger charge is -2.29. The highest BCUT2D eigenvalue weighted by Gasteiger charge is 2.26. The van der Waals surface area contributed by atoms with E-state index in [-0.39, 0.29) is 37.7 Å². The molecule has 0 aliphatic rings. The maximum Gasteiger partial charge on any atom is 0.242 e. The molecule has 2 aromatic carbocycles. The van der Waals surface area contributed by atoms with Crippen molar-refractivity contribution < 1.29 is 22.7 Å². The number of amides is 2. The Morgan fingerprint density at radius 2 is 1.74 bits per heavy atom. The average Bonchev–Trinajstić information content (AvgIpc) is 2.80. The molecule has 0 aliphatic heterocycles. The van der Waals surface area contributed by atoms with Gasteiger partial charge in [0, 0.05) is 26.6 Å². The summed E-state index contributed by atoms with van der Waals surface area (Å²) in [6.07, 6.45) is 1.52. The van der Waals surface area contributed by atoms with E-state index in [9.17, 15) is 18.0 Å². The van der Waals surface area contributed by atoms with Gasteiger partial charge in [-0.25, -0.2) is 8.42 Å². The Labute approximate surface area is 202 Å². The summed E-state index contributed by atoms with van der Waals surface area (Å²) in [5, 5.41) is 2.59. The highest BCUT2D eigenvalue weighted by Crippen LogP contribution is 2.30. The van der Waals surface area contributed by atoms with Gasteiger partial charge in [-0.1, -0.05) is 42.0 Å². The maximum absolute atomic E-state index is 13.2. The number of benzene rings is 2. The van der Waals surface area contributed by atoms with E-state index in [1.165, 1.54) is 16.3 Å². The van der Waals surface area contributed by atoms with Crippen LogP contribution in [0.15, 0.2) is 48.5 Å². The van der Waals surface area contributed by atoms with E-state index in [1.807, 2.05) is 38.1 Å². The smallest absolute Gasteiger partial charge is 0.242 e. The lowest BCUT2D eigenvalue weighted by atomic mass is 10.1. The number of carbonyl (C=O) groups is 2. The molecule has 0 saturated carbocycles. The molecule has 0 aromatic heterocycles. The number of aryl methyl sites for hydroxylation is 1. The SMILES string of the molecule is CCOc1ccccc1N(CCCC(=O)N(Cc1ccc(C)cc1)C(C)C(=O)NC)S(C)(=O)=O. The van der Waals surface area contributed by atoms with Gasteiger partial charge in [-0.2, -0.15) is 0 Å². The molecule has 2 aromatic rings. The van der Waals surface area contributed by atoms with Crippen LogP contribution < -0.4 is 14.4 Å². The Hall–Kier alpha value is -3.07. The number of rotatable bonds is 12. The molecule has 1 unspecified atom stereocenters. The zero-order valence-electron chi connectivity index (χ0n) is 20.6. The predicted molar refractivity (Wildman–Crippen MR) is 134 cm³/mol. The Bertz CT molecular complexity index is 1070. The lowest BCUT2D eigenvalue weighted by molar-refractivity contribution is -0.140. The molecule has 2 rings (SSSR count). The summed E-state index contributed by atoms with van der Waals surface area (Å²) < 4.78 is 31.9. The second-order valence-corrected chi connectivity index (χ2v) is 10.0. The van der Waals surface area contributed by atoms with Crippen molar-refractivity contribution in [2.24, 2.45) is 0 Å². The number of nitrogens with zero attached hydrogens (tertiary/aromatic N) is 2. The van der Waals surface area contributed by atoms with E-state index in [2.05, 4.69) is 5.32 Å². The Morgan fingerprint density at radius 3 is 2.32 bits per heavy atom. The fourth-order valence-electron chi connectivity index (χ4n) is 3.60. The topological polar surface area (TPSA) is 96.0 Å². The zero-order valence-corrected chi connectivity index (χ0v) is 21.4. The fraction of sp³-hybridized carbons (Fsp3) is 0.440. The first-order chi connectivity index (χ1) is 16.1. The van der Waals surface area contributed by atoms with Crippen molar-refractivity contribution in [3.63, 3.8) is 0 Å². The first-order valence-corrected chi connectivity index (χ1v) is 13.2. The van der Waals surface area contributed by atoms with E-state index < -0.39 is 16.1 Å². The van der Waals surface area contributed by atoms with Crippen molar-refractivity contribution in [2.75, 3.05) is 30.8 Å². The summed E-state index contributed by atoms with van der Waals surface area (Å²) in [5.41, 5.74) is 2.46. The van der Waals surface area contributed by atoms with Crippen molar-refractivity contribution in [1.29, 1.82) is 0 Å². The summed E-state index contributed by atoms with van der Waals surface area (Å²) in [6, 6.07) is 14.1. The van der Waals surface area contributed by atoms with E-state index in [1.54, 1.807) is 31.2 Å². The fourth-order valence-corrected chi connectivity index (χ4v) is 4.57. The summed E-state index contributed by atoms with van der Waals surface area (Å²) >= 11 is 0. The molecular weight excluding hydrogens is 454 g/mol. The molecule has 0 bridgehead atoms. The zero-order chi connectivity index (χ0) is 25.3. The molecule has 8 nitrogen and oxygen atoms in total. The van der Waals surface area contributed by atoms with E-state index in [0.29, 0.717) is 18.0 Å². The number of anilines is 1. The second-order valence-electron chi connectivity index (χ2n) is 8.14. The third-order valence-corrected chi connectivity index (χ3v) is 6.65. The normalized spacial score (nSPS) is 12.0. The van der Waals surface area contributed by atoms with Gasteiger partial charge in [0.15, 0.2) is 0 Å². The minimum atomic E-state index is -3.60. The minimum Gasteiger partial charge on any atom is -0.492 e. The van der Waals surface area contributed by atoms with E-state index in [0.717, 1.165) is 17.4 Å². The number of sulfonamides is 1. The van der Waals surface area contributed by atoms with Gasteiger partial charge >= 0.3 is 0 Å². The van der Waals surface area contributed by atoms with Crippen molar-refractivity contribution in [1.82, 2.24) is 10.2 Å². The maximum atomic E-state index is 13.2. The van der Waals surface area contributed by atoms with Crippen LogP contribution in [0.25, 0.3) is 0 Å². The molecule has 0 radical (unpaired) electrons. The third-order valence-electron chi connectivity index (χ3n) is 5.47. The molecular formula is C25H35N3O5S. The van der Waals surface area contributed by atoms with E-state index in [4.69, 9.17) is 4.74 Å². The van der Waals surface area contributed by atoms with Gasteiger partial charge in [0.2, 0.25) is 21.8 Å². The molecule has 0 fully saturated rings. The van der Waals surface area contributed by atoms with Crippen LogP contribution in [0.3, 0.4) is 0 Å². The molecule has 1 atom stereocenters. The monoisotopic (exact) mass is 489 g/mol. The highest BCUT2D eigenvalue weighted by atomic mass is 32.2. The molecule has 9 heteroatoms. The Morgan fingerprint density at radius 1 is 1.09 bits per heavy atom. The van der Waals surface area contributed by atoms with Crippen LogP contribution in [-0.2, 0) is 26.2 Å². The van der Waals surface area contributed by atoms with Gasteiger partial charge in [0.05, 0.1) is 18.6 Å². The summed E-state index contributed by atoms with van der Waals surface area (Å²) in [7, 11) is -2.06. The van der Waals surface area contributed by atoms with Gasteiger partial charge in [0.1, 0.15) is 11.8 Å². The first-order valence-electron chi connectivity index (χ1n) is 11.3. The van der Waals surface area contributed by atoms with Crippen LogP contribution in [0.4, 0.5) is 5.69 Å². The number of hydrogen-bond acceptors (Lipinski definition) is 5. The number of para-hydroxylation sites is 2. The number of nitrogens with one attached hydrogen (secondary N) is 1. The van der Waals surface area contributed by atoms with Gasteiger partial charge < -0.3 is 15.0 Å². The van der Waals surface area contributed by atoms with Crippen LogP contribution in [-0.4, -0.2) is 57.6 Å². The molecule has 186 valence electrons. The number of ether oxygens (including phenoxy) is 1. The Balaban J connectivity index is 2.17. The molecule has 0 aliphatic carbocycles. The molecule has 34 heavy (non-hydrogen) atoms. The molecule has 0 spiro atoms. The predicted octanol–water partition coefficient (Wildman–Crippen LogP) is 3.10. The van der Waals surface area contributed by atoms with E-state index >= 15 is 0 Å². The molecule has 2 amide bonds. The number of carbonyl (C=O) groups excluding carboxylic acids is 2. The van der Waals surface area contributed by atoms with Crippen LogP contribution in [0.1, 0.15) is 37.8 Å². The van der Waals surface area contributed by atoms with Crippen molar-refractivity contribution in [2.45, 2.75) is 46.2 Å². The van der Waals surface area contributed by atoms with Crippen molar-refractivity contribution in [3.8, 4) is 5.75 Å². The second kappa shape index (κ2) is 12.4. The van der Waals surface area contributed by atoms with Gasteiger partial charge in [-0.15, -0.1) is 0 Å². The highest BCUT2D eigenvalue weighted by molar-refractivity contribution is 7.92. The number of likely N-dealkylation sites (N-methyl/N-ethyl adjacent to an activating group) is 1. The van der Waals surface area contributed by atoms with Gasteiger partial charge in [-0.3, -0.25) is 13.9 Å². The minimum absolute atomic E-state index is 0.0933. The third kappa shape index (κ3) is 7.48. The molecule has 0 saturated heterocycles. The lowest BCUT2D eigenvalue weighted by Crippen LogP contribution is -2.46. The standard InChI is InChI=1S/C25H35N3O5S/c1-6-33-23-11-8-7-10-22(23)28(34(5,31)32)17-9-12-24(29)27(20(3)25(30)26-4)18-21-15-13-19(2)14-16-21/h7-8,10-11,13-16,20H,6,9,12,17-18H2,1-5H3,(H,26,30). The van der Waals surface area contributed by atoms with Crippen molar-refractivity contribution >= 4 is 27.5 Å². The quantitative estimate of drug-likeness (QED) is 0.494. The molecule has 1 N–H and O–H groups in total. The van der Waals surface area contributed by atoms with Gasteiger partial charge in [0.25, 0.3) is 0 Å². The average molecular weight is 490 g/mol. The van der Waals surface area contributed by atoms with Crippen LogP contribution in [0.2, 0.25) is 0 Å². The van der Waals surface area contributed by atoms with Crippen LogP contribution in [0, 0.1) is 6.92 Å². The largest absolute Gasteiger partial charge is 0.492 e. The van der Waals surface area contributed by atoms with Crippen LogP contribution in [0.5, 0.6) is 5.75 Å². The van der Waals surface area contributed by atoms with Crippen molar-refractivity contribution in [3.05, 3.63) is 59.7 Å². The number of hydrogen-bond donors (Lipinski definition) is 1. The first kappa shape index (κ1) is 27.2.